The van der Waals surface area contributed by atoms with Gasteiger partial charge in [0.1, 0.15) is 0 Å². The van der Waals surface area contributed by atoms with Crippen LogP contribution in [0.25, 0.3) is 0 Å². The predicted molar refractivity (Wildman–Crippen MR) is 83.7 cm³/mol. The van der Waals surface area contributed by atoms with Crippen molar-refractivity contribution >= 4 is 11.4 Å². The minimum atomic E-state index is -0.352. The highest BCUT2D eigenvalue weighted by molar-refractivity contribution is 5.52. The van der Waals surface area contributed by atoms with E-state index in [-0.39, 0.29) is 10.6 Å². The summed E-state index contributed by atoms with van der Waals surface area (Å²) in [5, 5.41) is 10.7. The average Bonchev–Trinajstić information content (AvgIpc) is 2.52. The summed E-state index contributed by atoms with van der Waals surface area (Å²) < 4.78 is 5.56. The number of nitro benzene ring substituents is 1. The Morgan fingerprint density at radius 1 is 1.33 bits per heavy atom. The molecule has 0 aromatic heterocycles. The normalized spacial score (nSPS) is 22.3. The van der Waals surface area contributed by atoms with Crippen molar-refractivity contribution in [2.75, 3.05) is 24.7 Å². The quantitative estimate of drug-likeness (QED) is 0.593. The molecule has 2 atom stereocenters. The Hall–Kier alpha value is -1.62. The van der Waals surface area contributed by atoms with E-state index in [1.807, 2.05) is 19.1 Å². The maximum absolute atomic E-state index is 10.7. The molecule has 0 amide bonds. The van der Waals surface area contributed by atoms with Gasteiger partial charge in [0.2, 0.25) is 0 Å². The minimum Gasteiger partial charge on any atom is -0.381 e. The van der Waals surface area contributed by atoms with Gasteiger partial charge in [-0.15, -0.1) is 0 Å². The number of hydrogen-bond acceptors (Lipinski definition) is 4. The summed E-state index contributed by atoms with van der Waals surface area (Å²) >= 11 is 0. The maximum Gasteiger partial charge on any atom is 0.269 e. The van der Waals surface area contributed by atoms with E-state index in [1.54, 1.807) is 12.1 Å². The smallest absolute Gasteiger partial charge is 0.269 e. The summed E-state index contributed by atoms with van der Waals surface area (Å²) in [7, 11) is 0. The van der Waals surface area contributed by atoms with Gasteiger partial charge in [0, 0.05) is 43.6 Å². The number of hydrogen-bond donors (Lipinski definition) is 0. The van der Waals surface area contributed by atoms with Gasteiger partial charge in [-0.3, -0.25) is 10.1 Å². The Kier molecular flexibility index (Phi) is 5.56. The zero-order valence-corrected chi connectivity index (χ0v) is 12.8. The number of nitrogens with zero attached hydrogens (tertiary/aromatic N) is 2. The molecule has 1 aliphatic rings. The van der Waals surface area contributed by atoms with Crippen LogP contribution < -0.4 is 4.90 Å². The molecule has 1 saturated heterocycles. The molecule has 0 radical (unpaired) electrons. The second-order valence-electron chi connectivity index (χ2n) is 5.58. The summed E-state index contributed by atoms with van der Waals surface area (Å²) in [6, 6.07) is 7.40. The third kappa shape index (κ3) is 3.94. The third-order valence-electron chi connectivity index (χ3n) is 4.25. The van der Waals surface area contributed by atoms with E-state index in [2.05, 4.69) is 11.8 Å². The van der Waals surface area contributed by atoms with Crippen molar-refractivity contribution < 1.29 is 9.66 Å². The molecule has 5 heteroatoms. The summed E-state index contributed by atoms with van der Waals surface area (Å²) in [4.78, 5) is 12.8. The molecule has 21 heavy (non-hydrogen) atoms. The lowest BCUT2D eigenvalue weighted by atomic mass is 9.89. The third-order valence-corrected chi connectivity index (χ3v) is 4.25. The zero-order chi connectivity index (χ0) is 15.2. The topological polar surface area (TPSA) is 55.6 Å². The summed E-state index contributed by atoms with van der Waals surface area (Å²) in [5.41, 5.74) is 1.24. The van der Waals surface area contributed by atoms with E-state index >= 15 is 0 Å². The Morgan fingerprint density at radius 3 is 2.62 bits per heavy atom. The van der Waals surface area contributed by atoms with Crippen LogP contribution in [0.15, 0.2) is 24.3 Å². The minimum absolute atomic E-state index is 0.151. The maximum atomic E-state index is 10.7. The lowest BCUT2D eigenvalue weighted by Crippen LogP contribution is -2.43. The van der Waals surface area contributed by atoms with Gasteiger partial charge in [-0.2, -0.15) is 0 Å². The van der Waals surface area contributed by atoms with Crippen LogP contribution in [0.5, 0.6) is 0 Å². The highest BCUT2D eigenvalue weighted by Gasteiger charge is 2.27. The van der Waals surface area contributed by atoms with E-state index in [0.717, 1.165) is 44.7 Å². The molecule has 1 fully saturated rings. The van der Waals surface area contributed by atoms with Gasteiger partial charge in [0.25, 0.3) is 5.69 Å². The average molecular weight is 292 g/mol. The number of anilines is 1. The van der Waals surface area contributed by atoms with Gasteiger partial charge >= 0.3 is 0 Å². The molecule has 0 spiro atoms. The van der Waals surface area contributed by atoms with E-state index in [9.17, 15) is 10.1 Å². The van der Waals surface area contributed by atoms with Crippen molar-refractivity contribution in [2.24, 2.45) is 5.92 Å². The van der Waals surface area contributed by atoms with Gasteiger partial charge in [-0.1, -0.05) is 6.92 Å². The Morgan fingerprint density at radius 2 is 2.05 bits per heavy atom. The van der Waals surface area contributed by atoms with Crippen LogP contribution in [0, 0.1) is 16.0 Å². The second-order valence-corrected chi connectivity index (χ2v) is 5.58. The van der Waals surface area contributed by atoms with Crippen molar-refractivity contribution in [3.63, 3.8) is 0 Å². The fourth-order valence-electron chi connectivity index (χ4n) is 3.06. The predicted octanol–water partition coefficient (Wildman–Crippen LogP) is 3.63. The summed E-state index contributed by atoms with van der Waals surface area (Å²) in [6.45, 7) is 6.85. The van der Waals surface area contributed by atoms with E-state index in [4.69, 9.17) is 4.74 Å². The summed E-state index contributed by atoms with van der Waals surface area (Å²) in [5.74, 6) is 0.629. The number of ether oxygens (including phenoxy) is 1. The molecule has 0 aliphatic carbocycles. The van der Waals surface area contributed by atoms with Crippen LogP contribution in [0.4, 0.5) is 11.4 Å². The molecule has 5 nitrogen and oxygen atoms in total. The molecule has 0 saturated carbocycles. The van der Waals surface area contributed by atoms with Crippen LogP contribution in [-0.4, -0.2) is 30.7 Å². The first kappa shape index (κ1) is 15.8. The van der Waals surface area contributed by atoms with Crippen molar-refractivity contribution in [2.45, 2.75) is 39.2 Å². The Balaban J connectivity index is 2.04. The zero-order valence-electron chi connectivity index (χ0n) is 12.8. The van der Waals surface area contributed by atoms with Gasteiger partial charge in [-0.25, -0.2) is 0 Å². The van der Waals surface area contributed by atoms with E-state index < -0.39 is 0 Å². The molecule has 1 aromatic carbocycles. The first-order valence-corrected chi connectivity index (χ1v) is 7.74. The van der Waals surface area contributed by atoms with E-state index in [1.165, 1.54) is 0 Å². The molecular formula is C16H24N2O3. The lowest BCUT2D eigenvalue weighted by Gasteiger charge is -2.40. The Labute approximate surface area is 126 Å². The van der Waals surface area contributed by atoms with E-state index in [0.29, 0.717) is 12.0 Å². The largest absolute Gasteiger partial charge is 0.381 e. The SMILES string of the molecule is CCOCC1CCN(c2ccc([N+](=O)[O-])cc2)C(CC)C1. The molecular weight excluding hydrogens is 268 g/mol. The highest BCUT2D eigenvalue weighted by atomic mass is 16.6. The molecule has 0 bridgehead atoms. The molecule has 1 heterocycles. The first-order valence-electron chi connectivity index (χ1n) is 7.74. The number of rotatable bonds is 6. The number of piperidine rings is 1. The van der Waals surface area contributed by atoms with Crippen molar-refractivity contribution in [1.29, 1.82) is 0 Å². The number of benzene rings is 1. The van der Waals surface area contributed by atoms with Crippen LogP contribution in [-0.2, 0) is 4.74 Å². The van der Waals surface area contributed by atoms with Gasteiger partial charge in [0.05, 0.1) is 4.92 Å². The van der Waals surface area contributed by atoms with Crippen molar-refractivity contribution in [3.8, 4) is 0 Å². The van der Waals surface area contributed by atoms with Crippen molar-refractivity contribution in [3.05, 3.63) is 34.4 Å². The fraction of sp³-hybridized carbons (Fsp3) is 0.625. The van der Waals surface area contributed by atoms with Crippen LogP contribution >= 0.6 is 0 Å². The van der Waals surface area contributed by atoms with Crippen LogP contribution in [0.2, 0.25) is 0 Å². The fourth-order valence-corrected chi connectivity index (χ4v) is 3.06. The Bertz CT molecular complexity index is 461. The molecule has 1 aliphatic heterocycles. The lowest BCUT2D eigenvalue weighted by molar-refractivity contribution is -0.384. The second kappa shape index (κ2) is 7.41. The molecule has 0 N–H and O–H groups in total. The molecule has 2 rings (SSSR count). The number of non-ortho nitro benzene ring substituents is 1. The summed E-state index contributed by atoms with van der Waals surface area (Å²) in [6.07, 6.45) is 3.33. The standard InChI is InChI=1S/C16H24N2O3/c1-3-14-11-13(12-21-4-2)9-10-17(14)15-5-7-16(8-6-15)18(19)20/h5-8,13-14H,3-4,9-12H2,1-2H3. The molecule has 2 unspecified atom stereocenters. The first-order chi connectivity index (χ1) is 10.2. The number of nitro groups is 1. The van der Waals surface area contributed by atoms with Gasteiger partial charge < -0.3 is 9.64 Å². The monoisotopic (exact) mass is 292 g/mol. The highest BCUT2D eigenvalue weighted by Crippen LogP contribution is 2.30. The van der Waals surface area contributed by atoms with Gasteiger partial charge in [-0.05, 0) is 44.2 Å². The molecule has 1 aromatic rings. The molecule has 116 valence electrons. The van der Waals surface area contributed by atoms with Crippen LogP contribution in [0.3, 0.4) is 0 Å². The van der Waals surface area contributed by atoms with Crippen molar-refractivity contribution in [1.82, 2.24) is 0 Å². The van der Waals surface area contributed by atoms with Gasteiger partial charge in [0.15, 0.2) is 0 Å². The van der Waals surface area contributed by atoms with Crippen LogP contribution in [0.1, 0.15) is 33.1 Å².